The van der Waals surface area contributed by atoms with Gasteiger partial charge in [-0.3, -0.25) is 0 Å². The van der Waals surface area contributed by atoms with E-state index >= 15 is 0 Å². The lowest BCUT2D eigenvalue weighted by Crippen LogP contribution is -1.95. The Kier molecular flexibility index (Phi) is 3.07. The molecule has 1 heterocycles. The highest BCUT2D eigenvalue weighted by Gasteiger charge is 2.10. The number of anilines is 1. The summed E-state index contributed by atoms with van der Waals surface area (Å²) in [4.78, 5) is 14.8. The van der Waals surface area contributed by atoms with Crippen LogP contribution in [0.2, 0.25) is 0 Å². The lowest BCUT2D eigenvalue weighted by atomic mass is 10.2. The van der Waals surface area contributed by atoms with Gasteiger partial charge < -0.3 is 10.8 Å². The highest BCUT2D eigenvalue weighted by atomic mass is 79.9. The van der Waals surface area contributed by atoms with Gasteiger partial charge >= 0.3 is 5.97 Å². The predicted molar refractivity (Wildman–Crippen MR) is 61.3 cm³/mol. The number of rotatable bonds is 1. The maximum Gasteiger partial charge on any atom is 0.337 e. The Morgan fingerprint density at radius 3 is 2.86 bits per heavy atom. The van der Waals surface area contributed by atoms with Crippen molar-refractivity contribution in [1.29, 1.82) is 0 Å². The first-order chi connectivity index (χ1) is 6.18. The van der Waals surface area contributed by atoms with Gasteiger partial charge in [-0.15, -0.1) is 17.0 Å². The summed E-state index contributed by atoms with van der Waals surface area (Å²) in [6, 6.07) is 4.95. The summed E-state index contributed by atoms with van der Waals surface area (Å²) in [5, 5.41) is 9.22. The lowest BCUT2D eigenvalue weighted by molar-refractivity contribution is 0.0699. The van der Waals surface area contributed by atoms with Gasteiger partial charge in [-0.1, -0.05) is 17.4 Å². The number of nitrogens with two attached hydrogens (primary N) is 1. The van der Waals surface area contributed by atoms with Gasteiger partial charge in [-0.05, 0) is 12.1 Å². The first kappa shape index (κ1) is 10.9. The zero-order chi connectivity index (χ0) is 9.42. The third kappa shape index (κ3) is 1.71. The van der Waals surface area contributed by atoms with E-state index in [-0.39, 0.29) is 22.5 Å². The number of carboxylic acid groups (broad SMARTS) is 1. The second-order valence-corrected chi connectivity index (χ2v) is 3.54. The van der Waals surface area contributed by atoms with Crippen molar-refractivity contribution in [3.63, 3.8) is 0 Å². The van der Waals surface area contributed by atoms with E-state index in [1.54, 1.807) is 18.2 Å². The standard InChI is InChI=1S/C8H6N2O2S.BrH/c9-8-10-5-3-1-2-4(7(11)12)6(5)13-8;/h1-3H,(H2,9,10)(H,11,12);1H. The van der Waals surface area contributed by atoms with Gasteiger partial charge in [-0.2, -0.15) is 0 Å². The second kappa shape index (κ2) is 3.93. The van der Waals surface area contributed by atoms with E-state index in [9.17, 15) is 4.79 Å². The Hall–Kier alpha value is -1.14. The minimum absolute atomic E-state index is 0. The molecule has 4 nitrogen and oxygen atoms in total. The monoisotopic (exact) mass is 274 g/mol. The molecule has 1 aromatic heterocycles. The molecule has 6 heteroatoms. The highest BCUT2D eigenvalue weighted by Crippen LogP contribution is 2.26. The van der Waals surface area contributed by atoms with Crippen LogP contribution in [0.1, 0.15) is 10.4 Å². The van der Waals surface area contributed by atoms with Crippen LogP contribution in [0.4, 0.5) is 5.13 Å². The summed E-state index contributed by atoms with van der Waals surface area (Å²) in [5.41, 5.74) is 6.37. The van der Waals surface area contributed by atoms with Crippen molar-refractivity contribution in [2.24, 2.45) is 0 Å². The number of aromatic carboxylic acids is 1. The summed E-state index contributed by atoms with van der Waals surface area (Å²) < 4.78 is 0.632. The molecule has 0 aliphatic heterocycles. The fourth-order valence-corrected chi connectivity index (χ4v) is 1.97. The summed E-state index contributed by atoms with van der Waals surface area (Å²) in [6.07, 6.45) is 0. The third-order valence-corrected chi connectivity index (χ3v) is 2.60. The van der Waals surface area contributed by atoms with Crippen molar-refractivity contribution in [3.05, 3.63) is 23.8 Å². The quantitative estimate of drug-likeness (QED) is 0.836. The van der Waals surface area contributed by atoms with Crippen LogP contribution in [0.5, 0.6) is 0 Å². The minimum atomic E-state index is -0.950. The summed E-state index contributed by atoms with van der Waals surface area (Å²) in [5.74, 6) is -0.950. The van der Waals surface area contributed by atoms with Crippen molar-refractivity contribution >= 4 is 49.6 Å². The molecule has 1 aromatic carbocycles. The molecule has 0 aliphatic carbocycles. The normalized spacial score (nSPS) is 9.71. The Morgan fingerprint density at radius 2 is 2.21 bits per heavy atom. The van der Waals surface area contributed by atoms with E-state index in [1.165, 1.54) is 11.3 Å². The maximum absolute atomic E-state index is 10.8. The smallest absolute Gasteiger partial charge is 0.337 e. The molecule has 0 saturated carbocycles. The predicted octanol–water partition coefficient (Wildman–Crippen LogP) is 2.15. The van der Waals surface area contributed by atoms with Gasteiger partial charge in [0.1, 0.15) is 0 Å². The van der Waals surface area contributed by atoms with Crippen molar-refractivity contribution in [2.75, 3.05) is 5.73 Å². The van der Waals surface area contributed by atoms with Crippen LogP contribution in [0, 0.1) is 0 Å². The number of nitrogens with zero attached hydrogens (tertiary/aromatic N) is 1. The van der Waals surface area contributed by atoms with Crippen LogP contribution in [0.15, 0.2) is 18.2 Å². The highest BCUT2D eigenvalue weighted by molar-refractivity contribution is 8.93. The zero-order valence-electron chi connectivity index (χ0n) is 6.93. The van der Waals surface area contributed by atoms with E-state index in [0.29, 0.717) is 15.3 Å². The van der Waals surface area contributed by atoms with Crippen molar-refractivity contribution in [2.45, 2.75) is 0 Å². The molecule has 0 amide bonds. The van der Waals surface area contributed by atoms with E-state index in [4.69, 9.17) is 10.8 Å². The Bertz CT molecular complexity index is 483. The van der Waals surface area contributed by atoms with E-state index < -0.39 is 5.97 Å². The molecule has 0 fully saturated rings. The van der Waals surface area contributed by atoms with Gasteiger partial charge in [0.05, 0.1) is 15.8 Å². The molecule has 14 heavy (non-hydrogen) atoms. The summed E-state index contributed by atoms with van der Waals surface area (Å²) >= 11 is 1.19. The molecular weight excluding hydrogens is 268 g/mol. The number of nitrogen functional groups attached to an aromatic ring is 1. The number of halogens is 1. The number of carboxylic acids is 1. The topological polar surface area (TPSA) is 76.2 Å². The second-order valence-electron chi connectivity index (χ2n) is 2.51. The van der Waals surface area contributed by atoms with Gasteiger partial charge in [0, 0.05) is 0 Å². The van der Waals surface area contributed by atoms with Crippen LogP contribution < -0.4 is 5.73 Å². The molecule has 3 N–H and O–H groups in total. The Labute approximate surface area is 94.1 Å². The fraction of sp³-hybridized carbons (Fsp3) is 0. The SMILES string of the molecule is Br.Nc1nc2cccc(C(=O)O)c2s1. The average Bonchev–Trinajstić information content (AvgIpc) is 2.43. The molecule has 0 unspecified atom stereocenters. The molecule has 0 atom stereocenters. The number of hydrogen-bond donors (Lipinski definition) is 2. The third-order valence-electron chi connectivity index (χ3n) is 1.66. The fourth-order valence-electron chi connectivity index (χ4n) is 1.13. The van der Waals surface area contributed by atoms with Gasteiger partial charge in [-0.25, -0.2) is 9.78 Å². The molecular formula is C8H7BrN2O2S. The number of fused-ring (bicyclic) bond motifs is 1. The largest absolute Gasteiger partial charge is 0.478 e. The molecule has 2 rings (SSSR count). The summed E-state index contributed by atoms with van der Waals surface area (Å²) in [6.45, 7) is 0. The minimum Gasteiger partial charge on any atom is -0.478 e. The number of aromatic nitrogens is 1. The van der Waals surface area contributed by atoms with Crippen molar-refractivity contribution in [1.82, 2.24) is 4.98 Å². The number of benzene rings is 1. The lowest BCUT2D eigenvalue weighted by Gasteiger charge is -1.93. The number of hydrogen-bond acceptors (Lipinski definition) is 4. The van der Waals surface area contributed by atoms with E-state index in [1.807, 2.05) is 0 Å². The van der Waals surface area contributed by atoms with E-state index in [2.05, 4.69) is 4.98 Å². The first-order valence-electron chi connectivity index (χ1n) is 3.57. The molecule has 0 bridgehead atoms. The van der Waals surface area contributed by atoms with Crippen LogP contribution in [0.25, 0.3) is 10.2 Å². The van der Waals surface area contributed by atoms with Crippen LogP contribution in [-0.2, 0) is 0 Å². The molecule has 0 saturated heterocycles. The molecule has 0 radical (unpaired) electrons. The van der Waals surface area contributed by atoms with Crippen LogP contribution in [0.3, 0.4) is 0 Å². The zero-order valence-corrected chi connectivity index (χ0v) is 9.46. The molecule has 0 spiro atoms. The Morgan fingerprint density at radius 1 is 1.50 bits per heavy atom. The molecule has 2 aromatic rings. The average molecular weight is 275 g/mol. The molecule has 74 valence electrons. The van der Waals surface area contributed by atoms with Crippen LogP contribution >= 0.6 is 28.3 Å². The Balaban J connectivity index is 0.000000980. The summed E-state index contributed by atoms with van der Waals surface area (Å²) in [7, 11) is 0. The molecule has 0 aliphatic rings. The van der Waals surface area contributed by atoms with Gasteiger partial charge in [0.15, 0.2) is 5.13 Å². The van der Waals surface area contributed by atoms with Gasteiger partial charge in [0.2, 0.25) is 0 Å². The van der Waals surface area contributed by atoms with Gasteiger partial charge in [0.25, 0.3) is 0 Å². The van der Waals surface area contributed by atoms with Crippen molar-refractivity contribution in [3.8, 4) is 0 Å². The van der Waals surface area contributed by atoms with Crippen LogP contribution in [-0.4, -0.2) is 16.1 Å². The number of thiazole rings is 1. The first-order valence-corrected chi connectivity index (χ1v) is 4.38. The maximum atomic E-state index is 10.8. The number of carbonyl (C=O) groups is 1. The van der Waals surface area contributed by atoms with E-state index in [0.717, 1.165) is 0 Å². The van der Waals surface area contributed by atoms with Crippen molar-refractivity contribution < 1.29 is 9.90 Å².